The molecule has 3 heterocycles. The van der Waals surface area contributed by atoms with E-state index in [2.05, 4.69) is 114 Å². The van der Waals surface area contributed by atoms with Gasteiger partial charge in [0.2, 0.25) is 0 Å². The van der Waals surface area contributed by atoms with Gasteiger partial charge in [-0.1, -0.05) is 66.7 Å². The van der Waals surface area contributed by atoms with E-state index in [1.54, 1.807) is 0 Å². The zero-order chi connectivity index (χ0) is 24.2. The SMILES string of the molecule is Cc1ccc(-c2nc3nccc(C)c3n2-c2ccccc2)c2sc3cc(-c4ccccc4)ccc3c12. The molecule has 0 unspecified atom stereocenters. The standard InChI is InChI=1S/C32H23N3S/c1-20-13-15-26(30-28(20)25-16-14-23(19-27(25)36-30)22-9-5-3-6-10-22)32-34-31-29(21(2)17-18-33-31)35(32)24-11-7-4-8-12-24/h3-19H,1-2H3. The summed E-state index contributed by atoms with van der Waals surface area (Å²) in [5, 5.41) is 2.61. The number of hydrogen-bond acceptors (Lipinski definition) is 3. The zero-order valence-corrected chi connectivity index (χ0v) is 20.9. The van der Waals surface area contributed by atoms with E-state index < -0.39 is 0 Å². The lowest BCUT2D eigenvalue weighted by atomic mass is 10.0. The molecule has 0 saturated heterocycles. The number of fused-ring (bicyclic) bond motifs is 4. The monoisotopic (exact) mass is 481 g/mol. The van der Waals surface area contributed by atoms with Gasteiger partial charge >= 0.3 is 0 Å². The van der Waals surface area contributed by atoms with E-state index in [0.717, 1.165) is 33.8 Å². The van der Waals surface area contributed by atoms with Crippen LogP contribution in [0.25, 0.3) is 59.5 Å². The number of thiophene rings is 1. The summed E-state index contributed by atoms with van der Waals surface area (Å²) in [6.07, 6.45) is 1.85. The molecule has 0 aliphatic rings. The second-order valence-electron chi connectivity index (χ2n) is 9.22. The fourth-order valence-electron chi connectivity index (χ4n) is 5.19. The summed E-state index contributed by atoms with van der Waals surface area (Å²) < 4.78 is 4.82. The first-order valence-electron chi connectivity index (χ1n) is 12.1. The summed E-state index contributed by atoms with van der Waals surface area (Å²) in [7, 11) is 0. The summed E-state index contributed by atoms with van der Waals surface area (Å²) in [5.41, 5.74) is 8.98. The Morgan fingerprint density at radius 2 is 1.50 bits per heavy atom. The van der Waals surface area contributed by atoms with Crippen molar-refractivity contribution in [2.45, 2.75) is 13.8 Å². The molecule has 3 aromatic heterocycles. The van der Waals surface area contributed by atoms with Crippen LogP contribution in [0.1, 0.15) is 11.1 Å². The quantitative estimate of drug-likeness (QED) is 0.253. The molecule has 0 saturated carbocycles. The van der Waals surface area contributed by atoms with Gasteiger partial charge in [0.05, 0.1) is 5.52 Å². The van der Waals surface area contributed by atoms with Crippen LogP contribution in [0, 0.1) is 13.8 Å². The number of para-hydroxylation sites is 1. The summed E-state index contributed by atoms with van der Waals surface area (Å²) in [6.45, 7) is 4.33. The molecular formula is C32H23N3S. The third-order valence-electron chi connectivity index (χ3n) is 6.95. The van der Waals surface area contributed by atoms with Crippen molar-refractivity contribution in [3.8, 4) is 28.2 Å². The predicted molar refractivity (Wildman–Crippen MR) is 152 cm³/mol. The number of nitrogens with zero attached hydrogens (tertiary/aromatic N) is 3. The number of imidazole rings is 1. The Bertz CT molecular complexity index is 1900. The van der Waals surface area contributed by atoms with Crippen molar-refractivity contribution >= 4 is 42.7 Å². The van der Waals surface area contributed by atoms with Gasteiger partial charge in [0.1, 0.15) is 5.82 Å². The highest BCUT2D eigenvalue weighted by Gasteiger charge is 2.21. The molecule has 7 rings (SSSR count). The Morgan fingerprint density at radius 1 is 0.722 bits per heavy atom. The minimum absolute atomic E-state index is 0.773. The Morgan fingerprint density at radius 3 is 2.31 bits per heavy atom. The lowest BCUT2D eigenvalue weighted by molar-refractivity contribution is 1.10. The van der Waals surface area contributed by atoms with Crippen molar-refractivity contribution in [3.05, 3.63) is 114 Å². The van der Waals surface area contributed by atoms with Gasteiger partial charge in [-0.25, -0.2) is 9.97 Å². The number of hydrogen-bond donors (Lipinski definition) is 0. The van der Waals surface area contributed by atoms with Crippen LogP contribution in [0.4, 0.5) is 0 Å². The summed E-state index contributed by atoms with van der Waals surface area (Å²) >= 11 is 1.85. The normalized spacial score (nSPS) is 11.6. The molecule has 0 fully saturated rings. The number of pyridine rings is 1. The van der Waals surface area contributed by atoms with Crippen LogP contribution in [0.5, 0.6) is 0 Å². The average Bonchev–Trinajstić information content (AvgIpc) is 3.50. The topological polar surface area (TPSA) is 30.7 Å². The average molecular weight is 482 g/mol. The molecule has 0 amide bonds. The van der Waals surface area contributed by atoms with Crippen molar-refractivity contribution in [3.63, 3.8) is 0 Å². The first kappa shape index (κ1) is 21.0. The molecule has 3 nitrogen and oxygen atoms in total. The van der Waals surface area contributed by atoms with Crippen molar-refractivity contribution in [1.82, 2.24) is 14.5 Å². The maximum Gasteiger partial charge on any atom is 0.178 e. The molecule has 0 aliphatic heterocycles. The Hall–Kier alpha value is -4.28. The molecule has 0 bridgehead atoms. The first-order valence-corrected chi connectivity index (χ1v) is 12.9. The minimum Gasteiger partial charge on any atom is -0.290 e. The van der Waals surface area contributed by atoms with E-state index >= 15 is 0 Å². The molecule has 0 aliphatic carbocycles. The second kappa shape index (κ2) is 8.14. The van der Waals surface area contributed by atoms with E-state index in [1.807, 2.05) is 23.6 Å². The van der Waals surface area contributed by atoms with Crippen molar-refractivity contribution in [2.75, 3.05) is 0 Å². The van der Waals surface area contributed by atoms with Crippen LogP contribution < -0.4 is 0 Å². The van der Waals surface area contributed by atoms with Crippen LogP contribution in [-0.2, 0) is 0 Å². The molecule has 0 atom stereocenters. The third kappa shape index (κ3) is 3.19. The lowest BCUT2D eigenvalue weighted by Crippen LogP contribution is -1.98. The Labute approximate surface area is 213 Å². The van der Waals surface area contributed by atoms with Crippen LogP contribution in [0.2, 0.25) is 0 Å². The molecule has 0 radical (unpaired) electrons. The first-order chi connectivity index (χ1) is 17.7. The highest BCUT2D eigenvalue weighted by molar-refractivity contribution is 7.26. The zero-order valence-electron chi connectivity index (χ0n) is 20.1. The fraction of sp³-hybridized carbons (Fsp3) is 0.0625. The van der Waals surface area contributed by atoms with E-state index in [4.69, 9.17) is 4.98 Å². The lowest BCUT2D eigenvalue weighted by Gasteiger charge is -2.12. The van der Waals surface area contributed by atoms with Crippen LogP contribution in [0.15, 0.2) is 103 Å². The van der Waals surface area contributed by atoms with E-state index in [0.29, 0.717) is 0 Å². The highest BCUT2D eigenvalue weighted by Crippen LogP contribution is 2.43. The van der Waals surface area contributed by atoms with Gasteiger partial charge in [-0.05, 0) is 66.4 Å². The van der Waals surface area contributed by atoms with E-state index in [-0.39, 0.29) is 0 Å². The highest BCUT2D eigenvalue weighted by atomic mass is 32.1. The fourth-order valence-corrected chi connectivity index (χ4v) is 6.52. The van der Waals surface area contributed by atoms with E-state index in [9.17, 15) is 0 Å². The molecule has 0 spiro atoms. The van der Waals surface area contributed by atoms with Crippen molar-refractivity contribution < 1.29 is 0 Å². The van der Waals surface area contributed by atoms with Crippen LogP contribution in [-0.4, -0.2) is 14.5 Å². The van der Waals surface area contributed by atoms with Gasteiger partial charge < -0.3 is 0 Å². The number of aromatic nitrogens is 3. The van der Waals surface area contributed by atoms with Gasteiger partial charge in [-0.3, -0.25) is 4.57 Å². The molecule has 36 heavy (non-hydrogen) atoms. The minimum atomic E-state index is 0.773. The van der Waals surface area contributed by atoms with Crippen LogP contribution >= 0.6 is 11.3 Å². The van der Waals surface area contributed by atoms with Gasteiger partial charge in [0.25, 0.3) is 0 Å². The molecule has 4 aromatic carbocycles. The number of aryl methyl sites for hydroxylation is 2. The summed E-state index contributed by atoms with van der Waals surface area (Å²) in [4.78, 5) is 9.73. The maximum absolute atomic E-state index is 5.09. The summed E-state index contributed by atoms with van der Waals surface area (Å²) in [6, 6.07) is 34.4. The van der Waals surface area contributed by atoms with Crippen molar-refractivity contribution in [1.29, 1.82) is 0 Å². The van der Waals surface area contributed by atoms with Crippen LogP contribution in [0.3, 0.4) is 0 Å². The number of benzene rings is 4. The van der Waals surface area contributed by atoms with Gasteiger partial charge in [-0.2, -0.15) is 0 Å². The van der Waals surface area contributed by atoms with Gasteiger partial charge in [-0.15, -0.1) is 11.3 Å². The smallest absolute Gasteiger partial charge is 0.178 e. The van der Waals surface area contributed by atoms with Crippen molar-refractivity contribution in [2.24, 2.45) is 0 Å². The molecular weight excluding hydrogens is 458 g/mol. The van der Waals surface area contributed by atoms with Gasteiger partial charge in [0, 0.05) is 37.6 Å². The molecule has 0 N–H and O–H groups in total. The predicted octanol–water partition coefficient (Wildman–Crippen LogP) is 8.74. The second-order valence-corrected chi connectivity index (χ2v) is 10.3. The van der Waals surface area contributed by atoms with Gasteiger partial charge in [0.15, 0.2) is 5.65 Å². The molecule has 7 aromatic rings. The molecule has 4 heteroatoms. The van der Waals surface area contributed by atoms with E-state index in [1.165, 1.54) is 36.9 Å². The Kier molecular flexibility index (Phi) is 4.76. The maximum atomic E-state index is 5.09. The molecule has 172 valence electrons. The Balaban J connectivity index is 1.54. The number of rotatable bonds is 3. The third-order valence-corrected chi connectivity index (χ3v) is 8.13. The summed E-state index contributed by atoms with van der Waals surface area (Å²) in [5.74, 6) is 0.929. The largest absolute Gasteiger partial charge is 0.290 e.